The van der Waals surface area contributed by atoms with Crippen LogP contribution in [-0.2, 0) is 11.2 Å². The van der Waals surface area contributed by atoms with Gasteiger partial charge in [-0.1, -0.05) is 25.5 Å². The van der Waals surface area contributed by atoms with E-state index in [4.69, 9.17) is 11.2 Å². The molecule has 1 rings (SSSR count). The zero-order valence-corrected chi connectivity index (χ0v) is 10.4. The van der Waals surface area contributed by atoms with Gasteiger partial charge in [0.1, 0.15) is 6.10 Å². The Balaban J connectivity index is 2.61. The van der Waals surface area contributed by atoms with Crippen LogP contribution in [0, 0.1) is 12.3 Å². The van der Waals surface area contributed by atoms with Gasteiger partial charge >= 0.3 is 5.97 Å². The van der Waals surface area contributed by atoms with E-state index >= 15 is 0 Å². The summed E-state index contributed by atoms with van der Waals surface area (Å²) in [5, 5.41) is 0. The molecule has 17 heavy (non-hydrogen) atoms. The van der Waals surface area contributed by atoms with Gasteiger partial charge in [-0.25, -0.2) is 4.79 Å². The summed E-state index contributed by atoms with van der Waals surface area (Å²) in [7, 11) is 0. The fourth-order valence-corrected chi connectivity index (χ4v) is 1.55. The van der Waals surface area contributed by atoms with E-state index in [0.717, 1.165) is 12.8 Å². The number of hydrogen-bond acceptors (Lipinski definition) is 2. The molecule has 0 spiro atoms. The second-order valence-corrected chi connectivity index (χ2v) is 4.07. The molecule has 0 saturated carbocycles. The molecule has 1 unspecified atom stereocenters. The van der Waals surface area contributed by atoms with Gasteiger partial charge in [0.25, 0.3) is 0 Å². The Morgan fingerprint density at radius 2 is 2.06 bits per heavy atom. The summed E-state index contributed by atoms with van der Waals surface area (Å²) in [5.74, 6) is 2.16. The number of terminal acetylenes is 1. The number of esters is 1. The van der Waals surface area contributed by atoms with Gasteiger partial charge in [0.15, 0.2) is 0 Å². The number of benzene rings is 1. The normalized spacial score (nSPS) is 11.6. The van der Waals surface area contributed by atoms with Crippen LogP contribution in [0.4, 0.5) is 0 Å². The minimum absolute atomic E-state index is 0.234. The minimum atomic E-state index is -0.309. The van der Waals surface area contributed by atoms with Crippen molar-refractivity contribution in [3.8, 4) is 12.3 Å². The zero-order chi connectivity index (χ0) is 12.7. The third-order valence-electron chi connectivity index (χ3n) is 2.44. The third kappa shape index (κ3) is 4.32. The highest BCUT2D eigenvalue weighted by Gasteiger charge is 2.10. The summed E-state index contributed by atoms with van der Waals surface area (Å²) >= 11 is 0. The van der Waals surface area contributed by atoms with Crippen molar-refractivity contribution in [3.05, 3.63) is 35.4 Å². The second kappa shape index (κ2) is 6.75. The molecule has 1 aromatic rings. The smallest absolute Gasteiger partial charge is 0.338 e. The molecule has 0 amide bonds. The number of ether oxygens (including phenoxy) is 1. The van der Waals surface area contributed by atoms with Crippen molar-refractivity contribution < 1.29 is 9.53 Å². The molecule has 0 bridgehead atoms. The monoisotopic (exact) mass is 230 g/mol. The Morgan fingerprint density at radius 1 is 1.41 bits per heavy atom. The van der Waals surface area contributed by atoms with Gasteiger partial charge in [-0.05, 0) is 31.0 Å². The number of carbonyl (C=O) groups excluding carboxylic acids is 1. The van der Waals surface area contributed by atoms with Crippen LogP contribution in [0.1, 0.15) is 42.6 Å². The molecule has 1 aromatic carbocycles. The Bertz CT molecular complexity index is 398. The molecule has 0 radical (unpaired) electrons. The molecular weight excluding hydrogens is 212 g/mol. The van der Waals surface area contributed by atoms with E-state index in [2.05, 4.69) is 12.8 Å². The van der Waals surface area contributed by atoms with Crippen LogP contribution in [0.15, 0.2) is 24.3 Å². The maximum atomic E-state index is 11.7. The first-order chi connectivity index (χ1) is 8.17. The predicted octanol–water partition coefficient (Wildman–Crippen LogP) is 3.21. The Kier molecular flexibility index (Phi) is 5.29. The van der Waals surface area contributed by atoms with E-state index in [1.165, 1.54) is 5.56 Å². The molecule has 1 atom stereocenters. The van der Waals surface area contributed by atoms with Crippen molar-refractivity contribution in [3.63, 3.8) is 0 Å². The molecule has 0 saturated heterocycles. The summed E-state index contributed by atoms with van der Waals surface area (Å²) in [6, 6.07) is 7.53. The first-order valence-electron chi connectivity index (χ1n) is 5.90. The lowest BCUT2D eigenvalue weighted by Gasteiger charge is -2.10. The van der Waals surface area contributed by atoms with E-state index in [-0.39, 0.29) is 12.1 Å². The van der Waals surface area contributed by atoms with E-state index in [1.807, 2.05) is 12.1 Å². The molecule has 0 aliphatic heterocycles. The van der Waals surface area contributed by atoms with Gasteiger partial charge < -0.3 is 4.74 Å². The molecule has 2 heteroatoms. The van der Waals surface area contributed by atoms with Gasteiger partial charge in [-0.15, -0.1) is 12.3 Å². The van der Waals surface area contributed by atoms with Gasteiger partial charge in [0, 0.05) is 6.42 Å². The van der Waals surface area contributed by atoms with Crippen LogP contribution in [0.5, 0.6) is 0 Å². The average Bonchev–Trinajstić information content (AvgIpc) is 2.30. The summed E-state index contributed by atoms with van der Waals surface area (Å²) in [4.78, 5) is 11.7. The molecule has 0 N–H and O–H groups in total. The summed E-state index contributed by atoms with van der Waals surface area (Å²) in [5.41, 5.74) is 1.81. The summed E-state index contributed by atoms with van der Waals surface area (Å²) in [6.07, 6.45) is 7.50. The number of hydrogen-bond donors (Lipinski definition) is 0. The standard InChI is InChI=1S/C15H18O2/c1-4-6-12(3)17-15(16)14-10-8-13(7-5-2)9-11-14/h1,8-12H,5-7H2,2-3H3. The lowest BCUT2D eigenvalue weighted by atomic mass is 10.1. The topological polar surface area (TPSA) is 26.3 Å². The lowest BCUT2D eigenvalue weighted by Crippen LogP contribution is -2.14. The van der Waals surface area contributed by atoms with Gasteiger partial charge in [-0.2, -0.15) is 0 Å². The van der Waals surface area contributed by atoms with Crippen molar-refractivity contribution in [2.45, 2.75) is 39.2 Å². The molecule has 0 aromatic heterocycles. The predicted molar refractivity (Wildman–Crippen MR) is 68.8 cm³/mol. The van der Waals surface area contributed by atoms with Crippen molar-refractivity contribution in [1.82, 2.24) is 0 Å². The van der Waals surface area contributed by atoms with E-state index in [0.29, 0.717) is 12.0 Å². The van der Waals surface area contributed by atoms with E-state index in [1.54, 1.807) is 19.1 Å². The fraction of sp³-hybridized carbons (Fsp3) is 0.400. The summed E-state index contributed by atoms with van der Waals surface area (Å²) in [6.45, 7) is 3.92. The van der Waals surface area contributed by atoms with Crippen LogP contribution in [0.25, 0.3) is 0 Å². The van der Waals surface area contributed by atoms with Crippen molar-refractivity contribution in [1.29, 1.82) is 0 Å². The largest absolute Gasteiger partial charge is 0.458 e. The number of rotatable bonds is 5. The van der Waals surface area contributed by atoms with Crippen molar-refractivity contribution >= 4 is 5.97 Å². The SMILES string of the molecule is C#CCC(C)OC(=O)c1ccc(CCC)cc1. The van der Waals surface area contributed by atoms with Gasteiger partial charge in [-0.3, -0.25) is 0 Å². The quantitative estimate of drug-likeness (QED) is 0.573. The highest BCUT2D eigenvalue weighted by atomic mass is 16.5. The highest BCUT2D eigenvalue weighted by Crippen LogP contribution is 2.09. The zero-order valence-electron chi connectivity index (χ0n) is 10.4. The van der Waals surface area contributed by atoms with Crippen LogP contribution in [-0.4, -0.2) is 12.1 Å². The number of aryl methyl sites for hydroxylation is 1. The lowest BCUT2D eigenvalue weighted by molar-refractivity contribution is 0.0352. The second-order valence-electron chi connectivity index (χ2n) is 4.07. The maximum Gasteiger partial charge on any atom is 0.338 e. The number of carbonyl (C=O) groups is 1. The highest BCUT2D eigenvalue weighted by molar-refractivity contribution is 5.89. The molecule has 2 nitrogen and oxygen atoms in total. The Labute approximate surface area is 103 Å². The molecule has 90 valence electrons. The van der Waals surface area contributed by atoms with Crippen LogP contribution in [0.3, 0.4) is 0 Å². The van der Waals surface area contributed by atoms with Crippen molar-refractivity contribution in [2.24, 2.45) is 0 Å². The fourth-order valence-electron chi connectivity index (χ4n) is 1.55. The van der Waals surface area contributed by atoms with Crippen LogP contribution < -0.4 is 0 Å². The van der Waals surface area contributed by atoms with E-state index in [9.17, 15) is 4.79 Å². The summed E-state index contributed by atoms with van der Waals surface area (Å²) < 4.78 is 5.20. The Morgan fingerprint density at radius 3 is 2.59 bits per heavy atom. The van der Waals surface area contributed by atoms with E-state index < -0.39 is 0 Å². The van der Waals surface area contributed by atoms with Gasteiger partial charge in [0.2, 0.25) is 0 Å². The van der Waals surface area contributed by atoms with Crippen LogP contribution >= 0.6 is 0 Å². The molecule has 0 fully saturated rings. The Hall–Kier alpha value is -1.75. The average molecular weight is 230 g/mol. The first kappa shape index (κ1) is 13.3. The third-order valence-corrected chi connectivity index (χ3v) is 2.44. The van der Waals surface area contributed by atoms with Crippen LogP contribution in [0.2, 0.25) is 0 Å². The molecular formula is C15H18O2. The van der Waals surface area contributed by atoms with Crippen molar-refractivity contribution in [2.75, 3.05) is 0 Å². The maximum absolute atomic E-state index is 11.7. The first-order valence-corrected chi connectivity index (χ1v) is 5.90. The van der Waals surface area contributed by atoms with Gasteiger partial charge in [0.05, 0.1) is 5.56 Å². The minimum Gasteiger partial charge on any atom is -0.458 e. The molecule has 0 aliphatic rings. The molecule has 0 aliphatic carbocycles. The molecule has 0 heterocycles.